The van der Waals surface area contributed by atoms with Gasteiger partial charge >= 0.3 is 7.12 Å². The van der Waals surface area contributed by atoms with Crippen molar-refractivity contribution >= 4 is 45.4 Å². The molecule has 0 saturated heterocycles. The first-order valence-electron chi connectivity index (χ1n) is 6.80. The SMILES string of the molecule is C[n+]1c(C2CC=C(B(O)O)C2)cc2cc(Br)ccc2c1Cl. The topological polar surface area (TPSA) is 44.3 Å². The molecule has 1 aliphatic rings. The lowest BCUT2D eigenvalue weighted by atomic mass is 9.77. The van der Waals surface area contributed by atoms with Gasteiger partial charge in [0.2, 0.25) is 0 Å². The largest absolute Gasteiger partial charge is 0.483 e. The first kappa shape index (κ1) is 15.0. The lowest BCUT2D eigenvalue weighted by molar-refractivity contribution is -0.676. The molecule has 0 radical (unpaired) electrons. The number of pyridine rings is 1. The molecule has 3 rings (SSSR count). The van der Waals surface area contributed by atoms with Gasteiger partial charge in [0.15, 0.2) is 5.69 Å². The van der Waals surface area contributed by atoms with Crippen LogP contribution in [0.3, 0.4) is 0 Å². The highest BCUT2D eigenvalue weighted by atomic mass is 79.9. The maximum Gasteiger partial charge on any atom is 0.483 e. The second-order valence-electron chi connectivity index (χ2n) is 5.44. The Balaban J connectivity index is 2.06. The fourth-order valence-corrected chi connectivity index (χ4v) is 3.61. The normalized spacial score (nSPS) is 18.1. The number of hydrogen-bond acceptors (Lipinski definition) is 2. The number of rotatable bonds is 2. The highest BCUT2D eigenvalue weighted by Crippen LogP contribution is 2.35. The molecule has 2 aromatic rings. The summed E-state index contributed by atoms with van der Waals surface area (Å²) in [6.45, 7) is 0. The molecule has 0 spiro atoms. The number of aromatic nitrogens is 1. The van der Waals surface area contributed by atoms with Gasteiger partial charge in [0.1, 0.15) is 7.05 Å². The summed E-state index contributed by atoms with van der Waals surface area (Å²) in [4.78, 5) is 0. The number of fused-ring (bicyclic) bond motifs is 1. The van der Waals surface area contributed by atoms with Crippen LogP contribution in [-0.4, -0.2) is 17.2 Å². The zero-order valence-corrected chi connectivity index (χ0v) is 13.9. The highest BCUT2D eigenvalue weighted by molar-refractivity contribution is 9.10. The third-order valence-electron chi connectivity index (χ3n) is 4.12. The monoisotopic (exact) mass is 366 g/mol. The molecule has 3 nitrogen and oxygen atoms in total. The van der Waals surface area contributed by atoms with Crippen molar-refractivity contribution in [1.82, 2.24) is 0 Å². The molecular formula is C15H15BBrClNO2+. The van der Waals surface area contributed by atoms with E-state index in [0.717, 1.165) is 27.4 Å². The average molecular weight is 367 g/mol. The van der Waals surface area contributed by atoms with Gasteiger partial charge in [0.25, 0.3) is 5.15 Å². The van der Waals surface area contributed by atoms with E-state index in [9.17, 15) is 10.0 Å². The lowest BCUT2D eigenvalue weighted by Gasteiger charge is -2.11. The van der Waals surface area contributed by atoms with E-state index in [2.05, 4.69) is 28.1 Å². The molecule has 108 valence electrons. The molecule has 1 aromatic carbocycles. The predicted octanol–water partition coefficient (Wildman–Crippen LogP) is 2.90. The van der Waals surface area contributed by atoms with Gasteiger partial charge in [-0.15, -0.1) is 0 Å². The van der Waals surface area contributed by atoms with Gasteiger partial charge in [0.05, 0.1) is 11.3 Å². The predicted molar refractivity (Wildman–Crippen MR) is 88.1 cm³/mol. The van der Waals surface area contributed by atoms with Crippen LogP contribution in [0.15, 0.2) is 40.3 Å². The smallest absolute Gasteiger partial charge is 0.423 e. The molecule has 0 amide bonds. The maximum atomic E-state index is 9.30. The molecule has 21 heavy (non-hydrogen) atoms. The minimum atomic E-state index is -1.36. The molecule has 0 aliphatic heterocycles. The summed E-state index contributed by atoms with van der Waals surface area (Å²) in [6, 6.07) is 8.17. The van der Waals surface area contributed by atoms with Gasteiger partial charge in [-0.1, -0.05) is 22.0 Å². The van der Waals surface area contributed by atoms with Crippen LogP contribution in [-0.2, 0) is 7.05 Å². The van der Waals surface area contributed by atoms with E-state index in [0.29, 0.717) is 17.0 Å². The summed E-state index contributed by atoms with van der Waals surface area (Å²) in [6.07, 6.45) is 3.37. The van der Waals surface area contributed by atoms with Crippen LogP contribution in [0.2, 0.25) is 5.15 Å². The molecule has 1 heterocycles. The van der Waals surface area contributed by atoms with Gasteiger partial charge in [0, 0.05) is 10.5 Å². The van der Waals surface area contributed by atoms with Crippen LogP contribution in [0.25, 0.3) is 10.8 Å². The number of hydrogen-bond donors (Lipinski definition) is 2. The molecule has 1 unspecified atom stereocenters. The molecule has 0 bridgehead atoms. The van der Waals surface area contributed by atoms with Gasteiger partial charge in [-0.2, -0.15) is 4.57 Å². The summed E-state index contributed by atoms with van der Waals surface area (Å²) >= 11 is 9.98. The minimum Gasteiger partial charge on any atom is -0.423 e. The van der Waals surface area contributed by atoms with E-state index in [1.165, 1.54) is 0 Å². The van der Waals surface area contributed by atoms with E-state index in [1.807, 2.05) is 29.8 Å². The summed E-state index contributed by atoms with van der Waals surface area (Å²) in [5, 5.41) is 21.4. The number of benzene rings is 1. The Morgan fingerprint density at radius 1 is 1.33 bits per heavy atom. The van der Waals surface area contributed by atoms with Crippen molar-refractivity contribution in [2.45, 2.75) is 18.8 Å². The Morgan fingerprint density at radius 3 is 2.76 bits per heavy atom. The van der Waals surface area contributed by atoms with Crippen LogP contribution in [0.4, 0.5) is 0 Å². The lowest BCUT2D eigenvalue weighted by Crippen LogP contribution is -2.36. The van der Waals surface area contributed by atoms with Crippen molar-refractivity contribution in [2.75, 3.05) is 0 Å². The quantitative estimate of drug-likeness (QED) is 0.487. The van der Waals surface area contributed by atoms with Crippen LogP contribution in [0, 0.1) is 0 Å². The van der Waals surface area contributed by atoms with E-state index >= 15 is 0 Å². The molecule has 6 heteroatoms. The third kappa shape index (κ3) is 2.75. The Hall–Kier alpha value is -0.875. The third-order valence-corrected chi connectivity index (χ3v) is 5.07. The van der Waals surface area contributed by atoms with E-state index in [4.69, 9.17) is 11.6 Å². The zero-order chi connectivity index (χ0) is 15.1. The number of halogens is 2. The standard InChI is InChI=1S/C15H15BBrClNO2/c1-19-14(9-2-3-11(6-9)16(20)21)8-10-7-12(17)4-5-13(10)15(19)18/h3-5,7-9,20-21H,2,6H2,1H3/q+1. The second-order valence-corrected chi connectivity index (χ2v) is 6.71. The summed E-state index contributed by atoms with van der Waals surface area (Å²) < 4.78 is 3.00. The highest BCUT2D eigenvalue weighted by Gasteiger charge is 2.31. The molecule has 1 atom stereocenters. The number of allylic oxidation sites excluding steroid dienone is 2. The Morgan fingerprint density at radius 2 is 2.10 bits per heavy atom. The minimum absolute atomic E-state index is 0.229. The fourth-order valence-electron chi connectivity index (χ4n) is 2.96. The number of nitrogens with zero attached hydrogens (tertiary/aromatic N) is 1. The maximum absolute atomic E-state index is 9.30. The Kier molecular flexibility index (Phi) is 4.10. The zero-order valence-electron chi connectivity index (χ0n) is 11.6. The van der Waals surface area contributed by atoms with E-state index in [1.54, 1.807) is 0 Å². The fraction of sp³-hybridized carbons (Fsp3) is 0.267. The second kappa shape index (κ2) is 5.73. The van der Waals surface area contributed by atoms with Crippen molar-refractivity contribution in [3.05, 3.63) is 51.1 Å². The van der Waals surface area contributed by atoms with Gasteiger partial charge in [-0.25, -0.2) is 0 Å². The van der Waals surface area contributed by atoms with Crippen LogP contribution in [0.5, 0.6) is 0 Å². The van der Waals surface area contributed by atoms with Crippen molar-refractivity contribution in [3.63, 3.8) is 0 Å². The molecule has 0 saturated carbocycles. The first-order chi connectivity index (χ1) is 9.97. The first-order valence-corrected chi connectivity index (χ1v) is 7.97. The van der Waals surface area contributed by atoms with Crippen molar-refractivity contribution in [3.8, 4) is 0 Å². The molecule has 1 aliphatic carbocycles. The van der Waals surface area contributed by atoms with Crippen molar-refractivity contribution in [2.24, 2.45) is 7.05 Å². The molecule has 2 N–H and O–H groups in total. The summed E-state index contributed by atoms with van der Waals surface area (Å²) in [7, 11) is 0.595. The van der Waals surface area contributed by atoms with Crippen LogP contribution in [0.1, 0.15) is 24.5 Å². The van der Waals surface area contributed by atoms with Gasteiger partial charge in [-0.3, -0.25) is 0 Å². The van der Waals surface area contributed by atoms with Gasteiger partial charge in [-0.05, 0) is 53.5 Å². The van der Waals surface area contributed by atoms with Crippen molar-refractivity contribution < 1.29 is 14.6 Å². The Bertz CT molecular complexity index is 748. The van der Waals surface area contributed by atoms with Crippen LogP contribution >= 0.6 is 27.5 Å². The van der Waals surface area contributed by atoms with E-state index in [-0.39, 0.29) is 5.92 Å². The van der Waals surface area contributed by atoms with Crippen LogP contribution < -0.4 is 4.57 Å². The molecule has 1 aromatic heterocycles. The van der Waals surface area contributed by atoms with Gasteiger partial charge < -0.3 is 10.0 Å². The van der Waals surface area contributed by atoms with E-state index < -0.39 is 7.12 Å². The average Bonchev–Trinajstić information content (AvgIpc) is 2.92. The molecular weight excluding hydrogens is 352 g/mol. The Labute approximate surface area is 137 Å². The summed E-state index contributed by atoms with van der Waals surface area (Å²) in [5.41, 5.74) is 1.79. The summed E-state index contributed by atoms with van der Waals surface area (Å²) in [5.74, 6) is 0.229. The van der Waals surface area contributed by atoms with Crippen molar-refractivity contribution in [1.29, 1.82) is 0 Å². The molecule has 0 fully saturated rings.